The van der Waals surface area contributed by atoms with Gasteiger partial charge in [0.1, 0.15) is 0 Å². The molecule has 1 saturated heterocycles. The molecule has 1 aromatic rings. The summed E-state index contributed by atoms with van der Waals surface area (Å²) in [5, 5.41) is 20.2. The maximum atomic E-state index is 12.9. The van der Waals surface area contributed by atoms with Crippen molar-refractivity contribution in [3.8, 4) is 0 Å². The second-order valence-corrected chi connectivity index (χ2v) is 7.21. The Labute approximate surface area is 138 Å². The standard InChI is InChI=1S/C19H27NO3/c1-2-8-19(13-21)12-20(9-7-17(19)22)18(23)16-10-14-5-3-4-6-15(14)11-16/h3-6,16-17,21-22H,2,7-13H2,1H3/t17-,19+/m1/s1. The molecule has 0 bridgehead atoms. The first-order valence-corrected chi connectivity index (χ1v) is 8.74. The van der Waals surface area contributed by atoms with Crippen LogP contribution in [-0.2, 0) is 17.6 Å². The van der Waals surface area contributed by atoms with Crippen LogP contribution in [0.4, 0.5) is 0 Å². The van der Waals surface area contributed by atoms with Gasteiger partial charge in [-0.3, -0.25) is 4.79 Å². The second kappa shape index (κ2) is 6.62. The molecule has 0 unspecified atom stereocenters. The van der Waals surface area contributed by atoms with E-state index in [2.05, 4.69) is 19.1 Å². The summed E-state index contributed by atoms with van der Waals surface area (Å²) >= 11 is 0. The summed E-state index contributed by atoms with van der Waals surface area (Å²) in [6, 6.07) is 8.28. The van der Waals surface area contributed by atoms with E-state index in [1.54, 1.807) is 0 Å². The van der Waals surface area contributed by atoms with Crippen molar-refractivity contribution in [2.75, 3.05) is 19.7 Å². The van der Waals surface area contributed by atoms with Crippen LogP contribution in [0.5, 0.6) is 0 Å². The van der Waals surface area contributed by atoms with Crippen LogP contribution in [0.25, 0.3) is 0 Å². The Hall–Kier alpha value is -1.39. The fourth-order valence-corrected chi connectivity index (χ4v) is 4.31. The zero-order valence-corrected chi connectivity index (χ0v) is 13.9. The highest BCUT2D eigenvalue weighted by atomic mass is 16.3. The van der Waals surface area contributed by atoms with Crippen LogP contribution in [-0.4, -0.2) is 46.8 Å². The minimum atomic E-state index is -0.548. The lowest BCUT2D eigenvalue weighted by atomic mass is 9.74. The second-order valence-electron chi connectivity index (χ2n) is 7.21. The maximum Gasteiger partial charge on any atom is 0.226 e. The number of hydrogen-bond acceptors (Lipinski definition) is 3. The van der Waals surface area contributed by atoms with Crippen molar-refractivity contribution in [1.29, 1.82) is 0 Å². The van der Waals surface area contributed by atoms with Gasteiger partial charge in [-0.25, -0.2) is 0 Å². The van der Waals surface area contributed by atoms with E-state index in [1.807, 2.05) is 17.0 Å². The minimum Gasteiger partial charge on any atom is -0.396 e. The summed E-state index contributed by atoms with van der Waals surface area (Å²) in [7, 11) is 0. The highest BCUT2D eigenvalue weighted by Gasteiger charge is 2.44. The highest BCUT2D eigenvalue weighted by Crippen LogP contribution is 2.36. The molecule has 3 rings (SSSR count). The van der Waals surface area contributed by atoms with Crippen LogP contribution in [0.15, 0.2) is 24.3 Å². The molecule has 2 N–H and O–H groups in total. The van der Waals surface area contributed by atoms with Gasteiger partial charge in [0.15, 0.2) is 0 Å². The minimum absolute atomic E-state index is 0.0145. The predicted molar refractivity (Wildman–Crippen MR) is 89.0 cm³/mol. The summed E-state index contributed by atoms with van der Waals surface area (Å²) in [6.45, 7) is 3.07. The quantitative estimate of drug-likeness (QED) is 0.890. The van der Waals surface area contributed by atoms with E-state index in [0.29, 0.717) is 19.5 Å². The molecule has 0 radical (unpaired) electrons. The molecule has 1 amide bonds. The summed E-state index contributed by atoms with van der Waals surface area (Å²) < 4.78 is 0. The lowest BCUT2D eigenvalue weighted by Crippen LogP contribution is -2.56. The average Bonchev–Trinajstić information content (AvgIpc) is 3.00. The monoisotopic (exact) mass is 317 g/mol. The number of benzene rings is 1. The molecule has 4 heteroatoms. The summed E-state index contributed by atoms with van der Waals surface area (Å²) in [5.74, 6) is 0.197. The molecule has 23 heavy (non-hydrogen) atoms. The van der Waals surface area contributed by atoms with E-state index in [0.717, 1.165) is 25.7 Å². The van der Waals surface area contributed by atoms with Crippen molar-refractivity contribution < 1.29 is 15.0 Å². The molecule has 0 spiro atoms. The molecule has 1 aliphatic heterocycles. The number of carbonyl (C=O) groups is 1. The third-order valence-electron chi connectivity index (χ3n) is 5.66. The van der Waals surface area contributed by atoms with Gasteiger partial charge in [-0.1, -0.05) is 37.6 Å². The summed E-state index contributed by atoms with van der Waals surface area (Å²) in [5.41, 5.74) is 2.02. The molecular weight excluding hydrogens is 290 g/mol. The van der Waals surface area contributed by atoms with E-state index < -0.39 is 11.5 Å². The molecule has 2 aliphatic rings. The largest absolute Gasteiger partial charge is 0.396 e. The van der Waals surface area contributed by atoms with Crippen molar-refractivity contribution in [2.45, 2.75) is 45.1 Å². The predicted octanol–water partition coefficient (Wildman–Crippen LogP) is 1.77. The number of amides is 1. The number of hydrogen-bond donors (Lipinski definition) is 2. The van der Waals surface area contributed by atoms with Crippen molar-refractivity contribution in [2.24, 2.45) is 11.3 Å². The fraction of sp³-hybridized carbons (Fsp3) is 0.632. The summed E-state index contributed by atoms with van der Waals surface area (Å²) in [4.78, 5) is 14.8. The lowest BCUT2D eigenvalue weighted by molar-refractivity contribution is -0.146. The number of nitrogens with zero attached hydrogens (tertiary/aromatic N) is 1. The Balaban J connectivity index is 1.71. The first-order chi connectivity index (χ1) is 11.1. The number of aliphatic hydroxyl groups is 2. The van der Waals surface area contributed by atoms with Crippen LogP contribution >= 0.6 is 0 Å². The number of rotatable bonds is 4. The fourth-order valence-electron chi connectivity index (χ4n) is 4.31. The van der Waals surface area contributed by atoms with E-state index in [4.69, 9.17) is 0 Å². The Kier molecular flexibility index (Phi) is 4.74. The molecule has 1 fully saturated rings. The van der Waals surface area contributed by atoms with Gasteiger partial charge in [0.05, 0.1) is 12.7 Å². The van der Waals surface area contributed by atoms with E-state index >= 15 is 0 Å². The zero-order chi connectivity index (χ0) is 16.4. The lowest BCUT2D eigenvalue weighted by Gasteiger charge is -2.46. The smallest absolute Gasteiger partial charge is 0.226 e. The van der Waals surface area contributed by atoms with Gasteiger partial charge >= 0.3 is 0 Å². The Bertz CT molecular complexity index is 548. The molecule has 4 nitrogen and oxygen atoms in total. The molecule has 2 atom stereocenters. The van der Waals surface area contributed by atoms with E-state index in [1.165, 1.54) is 11.1 Å². The van der Waals surface area contributed by atoms with Crippen LogP contribution < -0.4 is 0 Å². The highest BCUT2D eigenvalue weighted by molar-refractivity contribution is 5.80. The van der Waals surface area contributed by atoms with Crippen LogP contribution in [0.3, 0.4) is 0 Å². The number of likely N-dealkylation sites (tertiary alicyclic amines) is 1. The normalized spacial score (nSPS) is 28.0. The molecule has 1 aliphatic carbocycles. The van der Waals surface area contributed by atoms with Crippen molar-refractivity contribution in [3.63, 3.8) is 0 Å². The number of piperidine rings is 1. The SMILES string of the molecule is CCC[C@@]1(CO)CN(C(=O)C2Cc3ccccc3C2)CC[C@H]1O. The third-order valence-corrected chi connectivity index (χ3v) is 5.66. The topological polar surface area (TPSA) is 60.8 Å². The summed E-state index contributed by atoms with van der Waals surface area (Å²) in [6.07, 6.45) is 3.32. The first-order valence-electron chi connectivity index (χ1n) is 8.74. The van der Waals surface area contributed by atoms with Crippen LogP contribution in [0, 0.1) is 11.3 Å². The molecule has 1 heterocycles. The van der Waals surface area contributed by atoms with Gasteiger partial charge < -0.3 is 15.1 Å². The first kappa shape index (κ1) is 16.5. The van der Waals surface area contributed by atoms with Gasteiger partial charge in [-0.05, 0) is 36.8 Å². The Morgan fingerprint density at radius 3 is 2.52 bits per heavy atom. The third kappa shape index (κ3) is 3.02. The number of aliphatic hydroxyl groups excluding tert-OH is 2. The zero-order valence-electron chi connectivity index (χ0n) is 13.9. The van der Waals surface area contributed by atoms with Crippen LogP contribution in [0.1, 0.15) is 37.3 Å². The van der Waals surface area contributed by atoms with Crippen molar-refractivity contribution >= 4 is 5.91 Å². The van der Waals surface area contributed by atoms with E-state index in [9.17, 15) is 15.0 Å². The number of fused-ring (bicyclic) bond motifs is 1. The van der Waals surface area contributed by atoms with Gasteiger partial charge in [-0.15, -0.1) is 0 Å². The van der Waals surface area contributed by atoms with Crippen LogP contribution in [0.2, 0.25) is 0 Å². The maximum absolute atomic E-state index is 12.9. The average molecular weight is 317 g/mol. The van der Waals surface area contributed by atoms with Gasteiger partial charge in [-0.2, -0.15) is 0 Å². The van der Waals surface area contributed by atoms with Crippen molar-refractivity contribution in [3.05, 3.63) is 35.4 Å². The Morgan fingerprint density at radius 2 is 1.96 bits per heavy atom. The van der Waals surface area contributed by atoms with Gasteiger partial charge in [0, 0.05) is 24.4 Å². The Morgan fingerprint density at radius 1 is 1.30 bits per heavy atom. The van der Waals surface area contributed by atoms with Crippen molar-refractivity contribution in [1.82, 2.24) is 4.90 Å². The number of carbonyl (C=O) groups excluding carboxylic acids is 1. The van der Waals surface area contributed by atoms with Gasteiger partial charge in [0.2, 0.25) is 5.91 Å². The molecular formula is C19H27NO3. The molecule has 0 aromatic heterocycles. The molecule has 126 valence electrons. The molecule has 1 aromatic carbocycles. The molecule has 0 saturated carbocycles. The van der Waals surface area contributed by atoms with E-state index in [-0.39, 0.29) is 18.4 Å². The van der Waals surface area contributed by atoms with Gasteiger partial charge in [0.25, 0.3) is 0 Å².